The Kier molecular flexibility index (Phi) is 7.46. The fourth-order valence-corrected chi connectivity index (χ4v) is 5.06. The summed E-state index contributed by atoms with van der Waals surface area (Å²) in [4.78, 5) is 28.9. The van der Waals surface area contributed by atoms with Crippen LogP contribution in [0.15, 0.2) is 35.1 Å². The van der Waals surface area contributed by atoms with E-state index in [9.17, 15) is 9.59 Å². The minimum Gasteiger partial charge on any atom is -0.353 e. The molecular weight excluding hydrogens is 428 g/mol. The Hall–Kier alpha value is -3.00. The number of likely N-dealkylation sites (N-methyl/N-ethyl adjacent to an activating group) is 1. The van der Waals surface area contributed by atoms with Gasteiger partial charge in [0.15, 0.2) is 0 Å². The molecule has 1 amide bonds. The normalized spacial score (nSPS) is 15.7. The molecule has 34 heavy (non-hydrogen) atoms. The molecule has 0 bridgehead atoms. The third-order valence-electron chi connectivity index (χ3n) is 7.09. The zero-order chi connectivity index (χ0) is 24.2. The molecule has 1 saturated carbocycles. The maximum Gasteiger partial charge on any atom is 0.278 e. The quantitative estimate of drug-likeness (QED) is 0.551. The Bertz CT molecular complexity index is 1190. The lowest BCUT2D eigenvalue weighted by Crippen LogP contribution is -2.43. The van der Waals surface area contributed by atoms with Gasteiger partial charge in [-0.3, -0.25) is 9.59 Å². The largest absolute Gasteiger partial charge is 0.353 e. The van der Waals surface area contributed by atoms with Crippen molar-refractivity contribution < 1.29 is 4.79 Å². The van der Waals surface area contributed by atoms with E-state index in [0.717, 1.165) is 17.9 Å². The SMILES string of the molecule is CC[C@@H](C(=O)NCCN(C)C1CCCCC1)n1nc(C)c2nn(-c3ccccc3)c(C)c2c1=O. The van der Waals surface area contributed by atoms with Gasteiger partial charge in [0, 0.05) is 19.1 Å². The van der Waals surface area contributed by atoms with Gasteiger partial charge in [0.1, 0.15) is 11.6 Å². The zero-order valence-corrected chi connectivity index (χ0v) is 20.8. The van der Waals surface area contributed by atoms with E-state index in [4.69, 9.17) is 0 Å². The molecule has 0 saturated heterocycles. The summed E-state index contributed by atoms with van der Waals surface area (Å²) in [5.74, 6) is -0.166. The number of rotatable bonds is 8. The molecule has 1 N–H and O–H groups in total. The number of amides is 1. The summed E-state index contributed by atoms with van der Waals surface area (Å²) in [7, 11) is 2.13. The first-order valence-corrected chi connectivity index (χ1v) is 12.4. The molecule has 8 heteroatoms. The Balaban J connectivity index is 1.55. The molecule has 1 atom stereocenters. The first kappa shape index (κ1) is 24.1. The van der Waals surface area contributed by atoms with Crippen LogP contribution in [-0.4, -0.2) is 56.5 Å². The van der Waals surface area contributed by atoms with Gasteiger partial charge in [-0.1, -0.05) is 44.4 Å². The topological polar surface area (TPSA) is 85.1 Å². The number of benzene rings is 1. The standard InChI is InChI=1S/C26H36N6O2/c1-5-22(25(33)27-16-17-30(4)20-12-8-6-9-13-20)32-26(34)23-19(3)31(21-14-10-7-11-15-21)29-24(23)18(2)28-32/h7,10-11,14-15,20,22H,5-6,8-9,12-13,16-17H2,1-4H3,(H,27,33)/t22-/m0/s1. The van der Waals surface area contributed by atoms with Crippen LogP contribution in [-0.2, 0) is 4.79 Å². The molecule has 2 heterocycles. The van der Waals surface area contributed by atoms with E-state index in [0.29, 0.717) is 35.6 Å². The van der Waals surface area contributed by atoms with Gasteiger partial charge < -0.3 is 10.2 Å². The molecule has 1 aliphatic rings. The van der Waals surface area contributed by atoms with Crippen LogP contribution in [0.25, 0.3) is 16.6 Å². The van der Waals surface area contributed by atoms with E-state index < -0.39 is 6.04 Å². The van der Waals surface area contributed by atoms with Gasteiger partial charge in [-0.25, -0.2) is 9.36 Å². The van der Waals surface area contributed by atoms with Crippen molar-refractivity contribution in [3.05, 3.63) is 52.1 Å². The summed E-state index contributed by atoms with van der Waals surface area (Å²) >= 11 is 0. The average Bonchev–Trinajstić information content (AvgIpc) is 3.21. The van der Waals surface area contributed by atoms with Gasteiger partial charge in [0.05, 0.1) is 22.5 Å². The van der Waals surface area contributed by atoms with Crippen molar-refractivity contribution >= 4 is 16.8 Å². The van der Waals surface area contributed by atoms with E-state index in [1.54, 1.807) is 4.68 Å². The molecule has 8 nitrogen and oxygen atoms in total. The number of aromatic nitrogens is 4. The van der Waals surface area contributed by atoms with Crippen LogP contribution in [0.5, 0.6) is 0 Å². The molecule has 0 aliphatic heterocycles. The third kappa shape index (κ3) is 4.78. The molecule has 0 radical (unpaired) electrons. The van der Waals surface area contributed by atoms with E-state index in [1.165, 1.54) is 36.8 Å². The fraction of sp³-hybridized carbons (Fsp3) is 0.538. The monoisotopic (exact) mass is 464 g/mol. The van der Waals surface area contributed by atoms with Crippen molar-refractivity contribution in [2.75, 3.05) is 20.1 Å². The summed E-state index contributed by atoms with van der Waals surface area (Å²) in [5.41, 5.74) is 2.56. The van der Waals surface area contributed by atoms with Gasteiger partial charge in [0.2, 0.25) is 5.91 Å². The summed E-state index contributed by atoms with van der Waals surface area (Å²) in [5, 5.41) is 12.7. The van der Waals surface area contributed by atoms with Gasteiger partial charge >= 0.3 is 0 Å². The second-order valence-electron chi connectivity index (χ2n) is 9.38. The van der Waals surface area contributed by atoms with Crippen LogP contribution in [0.2, 0.25) is 0 Å². The molecule has 1 fully saturated rings. The first-order chi connectivity index (χ1) is 16.4. The third-order valence-corrected chi connectivity index (χ3v) is 7.09. The molecule has 1 aliphatic carbocycles. The summed E-state index contributed by atoms with van der Waals surface area (Å²) in [6.45, 7) is 6.99. The molecule has 0 spiro atoms. The van der Waals surface area contributed by atoms with Gasteiger partial charge in [0.25, 0.3) is 5.56 Å². The van der Waals surface area contributed by atoms with Crippen LogP contribution >= 0.6 is 0 Å². The molecule has 4 rings (SSSR count). The summed E-state index contributed by atoms with van der Waals surface area (Å²) in [6, 6.07) is 9.67. The number of nitrogens with zero attached hydrogens (tertiary/aromatic N) is 5. The Labute approximate surface area is 200 Å². The lowest BCUT2D eigenvalue weighted by molar-refractivity contribution is -0.124. The van der Waals surface area contributed by atoms with Crippen LogP contribution in [0.1, 0.15) is 62.9 Å². The number of carbonyl (C=O) groups is 1. The predicted molar refractivity (Wildman–Crippen MR) is 134 cm³/mol. The molecule has 3 aromatic rings. The summed E-state index contributed by atoms with van der Waals surface area (Å²) < 4.78 is 3.12. The Morgan fingerprint density at radius 1 is 1.15 bits per heavy atom. The van der Waals surface area contributed by atoms with Crippen LogP contribution in [0, 0.1) is 13.8 Å². The van der Waals surface area contributed by atoms with Crippen LogP contribution in [0.3, 0.4) is 0 Å². The van der Waals surface area contributed by atoms with Crippen molar-refractivity contribution in [1.29, 1.82) is 0 Å². The maximum atomic E-state index is 13.5. The zero-order valence-electron chi connectivity index (χ0n) is 20.8. The van der Waals surface area contributed by atoms with Crippen LogP contribution in [0.4, 0.5) is 0 Å². The Morgan fingerprint density at radius 2 is 1.85 bits per heavy atom. The highest BCUT2D eigenvalue weighted by atomic mass is 16.2. The maximum absolute atomic E-state index is 13.5. The average molecular weight is 465 g/mol. The highest BCUT2D eigenvalue weighted by Crippen LogP contribution is 2.22. The van der Waals surface area contributed by atoms with E-state index in [1.807, 2.05) is 51.1 Å². The molecule has 0 unspecified atom stereocenters. The number of para-hydroxylation sites is 1. The van der Waals surface area contributed by atoms with Gasteiger partial charge in [-0.2, -0.15) is 10.2 Å². The van der Waals surface area contributed by atoms with Crippen molar-refractivity contribution in [1.82, 2.24) is 29.8 Å². The highest BCUT2D eigenvalue weighted by Gasteiger charge is 2.25. The highest BCUT2D eigenvalue weighted by molar-refractivity contribution is 5.84. The van der Waals surface area contributed by atoms with Gasteiger partial charge in [-0.05, 0) is 52.3 Å². The molecule has 1 aromatic carbocycles. The lowest BCUT2D eigenvalue weighted by atomic mass is 9.94. The summed E-state index contributed by atoms with van der Waals surface area (Å²) in [6.07, 6.45) is 6.85. The number of aryl methyl sites for hydroxylation is 2. The van der Waals surface area contributed by atoms with Crippen molar-refractivity contribution in [2.24, 2.45) is 0 Å². The molecule has 182 valence electrons. The fourth-order valence-electron chi connectivity index (χ4n) is 5.06. The second-order valence-corrected chi connectivity index (χ2v) is 9.38. The molecule has 2 aromatic heterocycles. The Morgan fingerprint density at radius 3 is 2.53 bits per heavy atom. The van der Waals surface area contributed by atoms with E-state index >= 15 is 0 Å². The van der Waals surface area contributed by atoms with E-state index in [-0.39, 0.29) is 11.5 Å². The lowest BCUT2D eigenvalue weighted by Gasteiger charge is -2.31. The predicted octanol–water partition coefficient (Wildman–Crippen LogP) is 3.53. The van der Waals surface area contributed by atoms with Crippen LogP contribution < -0.4 is 10.9 Å². The van der Waals surface area contributed by atoms with E-state index in [2.05, 4.69) is 27.5 Å². The smallest absolute Gasteiger partial charge is 0.278 e. The molecular formula is C26H36N6O2. The second kappa shape index (κ2) is 10.5. The van der Waals surface area contributed by atoms with Crippen molar-refractivity contribution in [2.45, 2.75) is 71.4 Å². The van der Waals surface area contributed by atoms with Crippen molar-refractivity contribution in [3.63, 3.8) is 0 Å². The minimum absolute atomic E-state index is 0.166. The van der Waals surface area contributed by atoms with Crippen molar-refractivity contribution in [3.8, 4) is 5.69 Å². The van der Waals surface area contributed by atoms with Gasteiger partial charge in [-0.15, -0.1) is 0 Å². The number of hydrogen-bond donors (Lipinski definition) is 1. The first-order valence-electron chi connectivity index (χ1n) is 12.4. The number of carbonyl (C=O) groups excluding carboxylic acids is 1. The number of hydrogen-bond acceptors (Lipinski definition) is 5. The number of fused-ring (bicyclic) bond motifs is 1. The number of nitrogens with one attached hydrogen (secondary N) is 1. The minimum atomic E-state index is -0.657.